The Morgan fingerprint density at radius 3 is 2.46 bits per heavy atom. The fraction of sp³-hybridized carbons (Fsp3) is 0.105. The summed E-state index contributed by atoms with van der Waals surface area (Å²) in [6, 6.07) is 14.6. The Hall–Kier alpha value is -3.48. The van der Waals surface area contributed by atoms with Crippen LogP contribution in [0.25, 0.3) is 0 Å². The minimum absolute atomic E-state index is 0.298. The summed E-state index contributed by atoms with van der Waals surface area (Å²) in [6.07, 6.45) is 1.39. The third-order valence-corrected chi connectivity index (χ3v) is 3.47. The van der Waals surface area contributed by atoms with Gasteiger partial charge in [0.2, 0.25) is 0 Å². The molecule has 0 unspecified atom stereocenters. The quantitative estimate of drug-likeness (QED) is 0.645. The lowest BCUT2D eigenvalue weighted by atomic mass is 10.2. The summed E-state index contributed by atoms with van der Waals surface area (Å²) < 4.78 is 18.1. The molecular formula is C19H17FN4O2. The van der Waals surface area contributed by atoms with E-state index < -0.39 is 5.97 Å². The van der Waals surface area contributed by atoms with Gasteiger partial charge in [0.05, 0.1) is 17.9 Å². The Morgan fingerprint density at radius 1 is 1.04 bits per heavy atom. The first-order valence-electron chi connectivity index (χ1n) is 8.03. The van der Waals surface area contributed by atoms with Crippen LogP contribution in [0.4, 0.5) is 27.4 Å². The predicted molar refractivity (Wildman–Crippen MR) is 97.4 cm³/mol. The zero-order chi connectivity index (χ0) is 18.4. The standard InChI is InChI=1S/C19H17FN4O2/c1-2-26-19(25)15-5-3-4-6-16(15)24-18-11-17(21-12-22-18)23-14-9-7-13(20)8-10-14/h3-12H,2H2,1H3,(H2,21,22,23,24). The SMILES string of the molecule is CCOC(=O)c1ccccc1Nc1cc(Nc2ccc(F)cc2)ncn1. The van der Waals surface area contributed by atoms with Crippen molar-refractivity contribution in [3.8, 4) is 0 Å². The summed E-state index contributed by atoms with van der Waals surface area (Å²) in [4.78, 5) is 20.4. The number of benzene rings is 2. The van der Waals surface area contributed by atoms with E-state index in [-0.39, 0.29) is 5.82 Å². The second-order valence-corrected chi connectivity index (χ2v) is 5.31. The number of hydrogen-bond donors (Lipinski definition) is 2. The molecule has 0 saturated heterocycles. The average Bonchev–Trinajstić information content (AvgIpc) is 2.65. The van der Waals surface area contributed by atoms with Crippen molar-refractivity contribution in [2.75, 3.05) is 17.2 Å². The van der Waals surface area contributed by atoms with Crippen molar-refractivity contribution < 1.29 is 13.9 Å². The van der Waals surface area contributed by atoms with Crippen LogP contribution in [-0.2, 0) is 4.74 Å². The zero-order valence-corrected chi connectivity index (χ0v) is 14.1. The van der Waals surface area contributed by atoms with E-state index in [1.54, 1.807) is 43.3 Å². The smallest absolute Gasteiger partial charge is 0.340 e. The molecule has 132 valence electrons. The van der Waals surface area contributed by atoms with Crippen LogP contribution in [0.3, 0.4) is 0 Å². The summed E-state index contributed by atoms with van der Waals surface area (Å²) in [6.45, 7) is 2.05. The monoisotopic (exact) mass is 352 g/mol. The van der Waals surface area contributed by atoms with E-state index in [4.69, 9.17) is 4.74 Å². The summed E-state index contributed by atoms with van der Waals surface area (Å²) >= 11 is 0. The van der Waals surface area contributed by atoms with E-state index in [9.17, 15) is 9.18 Å². The number of halogens is 1. The first kappa shape index (κ1) is 17.3. The molecule has 0 fully saturated rings. The number of esters is 1. The predicted octanol–water partition coefficient (Wildman–Crippen LogP) is 4.28. The zero-order valence-electron chi connectivity index (χ0n) is 14.1. The molecule has 0 aliphatic carbocycles. The number of nitrogens with one attached hydrogen (secondary N) is 2. The maximum Gasteiger partial charge on any atom is 0.340 e. The van der Waals surface area contributed by atoms with E-state index in [0.717, 1.165) is 0 Å². The van der Waals surface area contributed by atoms with Crippen LogP contribution in [-0.4, -0.2) is 22.5 Å². The van der Waals surface area contributed by atoms with Gasteiger partial charge in [-0.25, -0.2) is 19.2 Å². The first-order valence-corrected chi connectivity index (χ1v) is 8.03. The average molecular weight is 352 g/mol. The summed E-state index contributed by atoms with van der Waals surface area (Å²) in [7, 11) is 0. The van der Waals surface area contributed by atoms with Crippen molar-refractivity contribution in [1.82, 2.24) is 9.97 Å². The summed E-state index contributed by atoms with van der Waals surface area (Å²) in [5, 5.41) is 6.16. The minimum atomic E-state index is -0.408. The number of ether oxygens (including phenoxy) is 1. The molecule has 1 heterocycles. The number of anilines is 4. The largest absolute Gasteiger partial charge is 0.462 e. The highest BCUT2D eigenvalue weighted by Gasteiger charge is 2.12. The molecule has 3 rings (SSSR count). The number of para-hydroxylation sites is 1. The number of hydrogen-bond acceptors (Lipinski definition) is 6. The van der Waals surface area contributed by atoms with Gasteiger partial charge < -0.3 is 15.4 Å². The van der Waals surface area contributed by atoms with Crippen molar-refractivity contribution in [3.05, 3.63) is 72.3 Å². The van der Waals surface area contributed by atoms with Crippen molar-refractivity contribution in [2.45, 2.75) is 6.92 Å². The van der Waals surface area contributed by atoms with Crippen molar-refractivity contribution in [2.24, 2.45) is 0 Å². The van der Waals surface area contributed by atoms with E-state index in [1.165, 1.54) is 18.5 Å². The van der Waals surface area contributed by atoms with Gasteiger partial charge in [0.15, 0.2) is 0 Å². The second kappa shape index (κ2) is 8.06. The van der Waals surface area contributed by atoms with Crippen molar-refractivity contribution in [1.29, 1.82) is 0 Å². The first-order chi connectivity index (χ1) is 12.7. The molecule has 0 amide bonds. The van der Waals surface area contributed by atoms with Crippen LogP contribution in [0.1, 0.15) is 17.3 Å². The lowest BCUT2D eigenvalue weighted by Gasteiger charge is -2.11. The molecule has 0 radical (unpaired) electrons. The maximum absolute atomic E-state index is 13.0. The number of carbonyl (C=O) groups is 1. The van der Waals surface area contributed by atoms with E-state index in [2.05, 4.69) is 20.6 Å². The summed E-state index contributed by atoms with van der Waals surface area (Å²) in [5.41, 5.74) is 1.70. The molecule has 26 heavy (non-hydrogen) atoms. The highest BCUT2D eigenvalue weighted by Crippen LogP contribution is 2.22. The van der Waals surface area contributed by atoms with Crippen molar-refractivity contribution >= 4 is 29.0 Å². The fourth-order valence-corrected chi connectivity index (χ4v) is 2.29. The molecule has 7 heteroatoms. The molecule has 2 aromatic carbocycles. The molecule has 1 aromatic heterocycles. The number of aromatic nitrogens is 2. The van der Waals surface area contributed by atoms with Gasteiger partial charge in [0.25, 0.3) is 0 Å². The van der Waals surface area contributed by atoms with Gasteiger partial charge in [-0.05, 0) is 43.3 Å². The highest BCUT2D eigenvalue weighted by molar-refractivity contribution is 5.96. The summed E-state index contributed by atoms with van der Waals surface area (Å²) in [5.74, 6) is 0.314. The minimum Gasteiger partial charge on any atom is -0.462 e. The number of carbonyl (C=O) groups excluding carboxylic acids is 1. The molecule has 0 aliphatic heterocycles. The molecule has 6 nitrogen and oxygen atoms in total. The van der Waals surface area contributed by atoms with Gasteiger partial charge in [-0.3, -0.25) is 0 Å². The van der Waals surface area contributed by atoms with E-state index in [1.807, 2.05) is 6.07 Å². The lowest BCUT2D eigenvalue weighted by molar-refractivity contribution is 0.0527. The Morgan fingerprint density at radius 2 is 1.73 bits per heavy atom. The maximum atomic E-state index is 13.0. The third kappa shape index (κ3) is 4.32. The number of nitrogens with zero attached hydrogens (tertiary/aromatic N) is 2. The van der Waals surface area contributed by atoms with Gasteiger partial charge in [-0.15, -0.1) is 0 Å². The molecule has 0 aliphatic rings. The molecule has 0 spiro atoms. The molecule has 0 atom stereocenters. The Balaban J connectivity index is 1.79. The van der Waals surface area contributed by atoms with Gasteiger partial charge in [0.1, 0.15) is 23.8 Å². The second-order valence-electron chi connectivity index (χ2n) is 5.31. The third-order valence-electron chi connectivity index (χ3n) is 3.47. The van der Waals surface area contributed by atoms with E-state index in [0.29, 0.717) is 35.2 Å². The van der Waals surface area contributed by atoms with Gasteiger partial charge >= 0.3 is 5.97 Å². The molecule has 0 saturated carbocycles. The van der Waals surface area contributed by atoms with Gasteiger partial charge in [-0.2, -0.15) is 0 Å². The van der Waals surface area contributed by atoms with E-state index >= 15 is 0 Å². The van der Waals surface area contributed by atoms with Crippen LogP contribution in [0.15, 0.2) is 60.9 Å². The Bertz CT molecular complexity index is 900. The van der Waals surface area contributed by atoms with Gasteiger partial charge in [0, 0.05) is 11.8 Å². The van der Waals surface area contributed by atoms with Crippen molar-refractivity contribution in [3.63, 3.8) is 0 Å². The molecular weight excluding hydrogens is 335 g/mol. The highest BCUT2D eigenvalue weighted by atomic mass is 19.1. The van der Waals surface area contributed by atoms with Crippen LogP contribution in [0.2, 0.25) is 0 Å². The van der Waals surface area contributed by atoms with Crippen LogP contribution >= 0.6 is 0 Å². The molecule has 0 bridgehead atoms. The van der Waals surface area contributed by atoms with Crippen LogP contribution in [0.5, 0.6) is 0 Å². The van der Waals surface area contributed by atoms with Crippen LogP contribution in [0, 0.1) is 5.82 Å². The van der Waals surface area contributed by atoms with Crippen LogP contribution < -0.4 is 10.6 Å². The molecule has 2 N–H and O–H groups in total. The topological polar surface area (TPSA) is 76.1 Å². The fourth-order valence-electron chi connectivity index (χ4n) is 2.29. The Labute approximate surface area is 150 Å². The molecule has 3 aromatic rings. The lowest BCUT2D eigenvalue weighted by Crippen LogP contribution is -2.08. The van der Waals surface area contributed by atoms with Gasteiger partial charge in [-0.1, -0.05) is 12.1 Å². The number of rotatable bonds is 6. The normalized spacial score (nSPS) is 10.2. The Kier molecular flexibility index (Phi) is 5.38.